The number of benzene rings is 2. The van der Waals surface area contributed by atoms with Gasteiger partial charge >= 0.3 is 0 Å². The highest BCUT2D eigenvalue weighted by Gasteiger charge is 2.21. The van der Waals surface area contributed by atoms with E-state index in [-0.39, 0.29) is 18.4 Å². The molecule has 0 aliphatic carbocycles. The largest absolute Gasteiger partial charge is 0.484 e. The molecular formula is C25H28N4O3. The number of hydrogen-bond acceptors (Lipinski definition) is 4. The molecule has 3 aromatic rings. The van der Waals surface area contributed by atoms with Crippen LogP contribution in [0.25, 0.3) is 0 Å². The third-order valence-corrected chi connectivity index (χ3v) is 5.42. The van der Waals surface area contributed by atoms with Crippen LogP contribution in [0.5, 0.6) is 5.75 Å². The summed E-state index contributed by atoms with van der Waals surface area (Å²) in [6.45, 7) is 5.59. The van der Waals surface area contributed by atoms with Crippen LogP contribution in [0, 0.1) is 0 Å². The summed E-state index contributed by atoms with van der Waals surface area (Å²) in [5, 5.41) is 2.89. The molecule has 1 aromatic heterocycles. The van der Waals surface area contributed by atoms with Crippen molar-refractivity contribution in [3.63, 3.8) is 0 Å². The first-order chi connectivity index (χ1) is 15.5. The quantitative estimate of drug-likeness (QED) is 0.579. The van der Waals surface area contributed by atoms with E-state index in [1.54, 1.807) is 17.0 Å². The van der Waals surface area contributed by atoms with Crippen molar-refractivity contribution in [3.8, 4) is 5.75 Å². The summed E-state index contributed by atoms with van der Waals surface area (Å²) in [5.41, 5.74) is 2.67. The summed E-state index contributed by atoms with van der Waals surface area (Å²) in [6, 6.07) is 15.0. The number of nitrogens with zero attached hydrogens (tertiary/aromatic N) is 3. The number of hydrogen-bond donors (Lipinski definition) is 1. The van der Waals surface area contributed by atoms with Gasteiger partial charge in [-0.15, -0.1) is 0 Å². The molecule has 2 aromatic carbocycles. The molecule has 0 radical (unpaired) electrons. The first kappa shape index (κ1) is 21.6. The predicted molar refractivity (Wildman–Crippen MR) is 124 cm³/mol. The lowest BCUT2D eigenvalue weighted by atomic mass is 10.1. The molecule has 0 atom stereocenters. The molecule has 166 valence electrons. The SMILES string of the molecule is CC(C)c1nccn1Cc1cccc(NC(=O)COc2ccc(N3CCCC3=O)cc2)c1. The van der Waals surface area contributed by atoms with E-state index in [1.165, 1.54) is 0 Å². The molecule has 0 bridgehead atoms. The van der Waals surface area contributed by atoms with E-state index in [4.69, 9.17) is 4.74 Å². The van der Waals surface area contributed by atoms with Crippen LogP contribution in [-0.2, 0) is 16.1 Å². The Labute approximate surface area is 188 Å². The third-order valence-electron chi connectivity index (χ3n) is 5.42. The normalized spacial score (nSPS) is 13.6. The Morgan fingerprint density at radius 2 is 2.00 bits per heavy atom. The fraction of sp³-hybridized carbons (Fsp3) is 0.320. The number of amides is 2. The van der Waals surface area contributed by atoms with Gasteiger partial charge in [0.2, 0.25) is 5.91 Å². The Balaban J connectivity index is 1.31. The van der Waals surface area contributed by atoms with Crippen LogP contribution in [0.3, 0.4) is 0 Å². The van der Waals surface area contributed by atoms with Gasteiger partial charge < -0.3 is 19.5 Å². The van der Waals surface area contributed by atoms with Crippen molar-refractivity contribution in [1.29, 1.82) is 0 Å². The van der Waals surface area contributed by atoms with Gasteiger partial charge in [0, 0.05) is 49.2 Å². The van der Waals surface area contributed by atoms with Crippen LogP contribution >= 0.6 is 0 Å². The van der Waals surface area contributed by atoms with Crippen molar-refractivity contribution >= 4 is 23.2 Å². The van der Waals surface area contributed by atoms with Gasteiger partial charge in [-0.25, -0.2) is 4.98 Å². The highest BCUT2D eigenvalue weighted by molar-refractivity contribution is 5.95. The lowest BCUT2D eigenvalue weighted by Gasteiger charge is -2.16. The molecule has 7 heteroatoms. The molecule has 1 N–H and O–H groups in total. The molecule has 0 spiro atoms. The van der Waals surface area contributed by atoms with E-state index >= 15 is 0 Å². The Kier molecular flexibility index (Phi) is 6.54. The Morgan fingerprint density at radius 1 is 1.19 bits per heavy atom. The summed E-state index contributed by atoms with van der Waals surface area (Å²) in [5.74, 6) is 1.88. The number of rotatable bonds is 8. The lowest BCUT2D eigenvalue weighted by molar-refractivity contribution is -0.118. The number of ether oxygens (including phenoxy) is 1. The van der Waals surface area contributed by atoms with Crippen molar-refractivity contribution in [3.05, 3.63) is 72.3 Å². The van der Waals surface area contributed by atoms with Crippen LogP contribution in [0.1, 0.15) is 44.0 Å². The molecule has 1 fully saturated rings. The van der Waals surface area contributed by atoms with Gasteiger partial charge in [0.05, 0.1) is 0 Å². The molecule has 0 saturated carbocycles. The highest BCUT2D eigenvalue weighted by atomic mass is 16.5. The minimum atomic E-state index is -0.230. The molecule has 2 amide bonds. The van der Waals surface area contributed by atoms with E-state index in [2.05, 4.69) is 28.7 Å². The van der Waals surface area contributed by atoms with E-state index in [1.807, 2.05) is 48.8 Å². The summed E-state index contributed by atoms with van der Waals surface area (Å²) < 4.78 is 7.73. The monoisotopic (exact) mass is 432 g/mol. The summed E-state index contributed by atoms with van der Waals surface area (Å²) in [4.78, 5) is 30.4. The molecule has 7 nitrogen and oxygen atoms in total. The van der Waals surface area contributed by atoms with Crippen LogP contribution < -0.4 is 15.0 Å². The number of nitrogens with one attached hydrogen (secondary N) is 1. The fourth-order valence-corrected chi connectivity index (χ4v) is 3.89. The Bertz CT molecular complexity index is 1090. The lowest BCUT2D eigenvalue weighted by Crippen LogP contribution is -2.23. The summed E-state index contributed by atoms with van der Waals surface area (Å²) >= 11 is 0. The van der Waals surface area contributed by atoms with Crippen molar-refractivity contribution in [2.45, 2.75) is 39.2 Å². The second-order valence-electron chi connectivity index (χ2n) is 8.25. The van der Waals surface area contributed by atoms with Gasteiger partial charge in [-0.1, -0.05) is 26.0 Å². The predicted octanol–water partition coefficient (Wildman–Crippen LogP) is 4.20. The van der Waals surface area contributed by atoms with Gasteiger partial charge in [-0.2, -0.15) is 0 Å². The Hall–Kier alpha value is -3.61. The van der Waals surface area contributed by atoms with E-state index < -0.39 is 0 Å². The maximum atomic E-state index is 12.4. The van der Waals surface area contributed by atoms with Crippen LogP contribution in [0.2, 0.25) is 0 Å². The molecule has 4 rings (SSSR count). The van der Waals surface area contributed by atoms with Gasteiger partial charge in [0.25, 0.3) is 5.91 Å². The van der Waals surface area contributed by atoms with Crippen molar-refractivity contribution in [1.82, 2.24) is 9.55 Å². The van der Waals surface area contributed by atoms with Crippen LogP contribution in [-0.4, -0.2) is 34.5 Å². The zero-order chi connectivity index (χ0) is 22.5. The Morgan fingerprint density at radius 3 is 2.72 bits per heavy atom. The summed E-state index contributed by atoms with van der Waals surface area (Å²) in [6.07, 6.45) is 5.27. The standard InChI is InChI=1S/C25H28N4O3/c1-18(2)25-26-12-14-28(25)16-19-5-3-6-20(15-19)27-23(30)17-32-22-10-8-21(9-11-22)29-13-4-7-24(29)31/h3,5-6,8-12,14-15,18H,4,7,13,16-17H2,1-2H3,(H,27,30). The average Bonchev–Trinajstić information content (AvgIpc) is 3.42. The molecule has 1 aliphatic rings. The summed E-state index contributed by atoms with van der Waals surface area (Å²) in [7, 11) is 0. The molecule has 2 heterocycles. The smallest absolute Gasteiger partial charge is 0.262 e. The first-order valence-corrected chi connectivity index (χ1v) is 10.9. The topological polar surface area (TPSA) is 76.5 Å². The number of carbonyl (C=O) groups excluding carboxylic acids is 2. The third kappa shape index (κ3) is 5.17. The van der Waals surface area contributed by atoms with Crippen molar-refractivity contribution in [2.75, 3.05) is 23.4 Å². The second-order valence-corrected chi connectivity index (χ2v) is 8.25. The van der Waals surface area contributed by atoms with Gasteiger partial charge in [-0.05, 0) is 48.4 Å². The number of carbonyl (C=O) groups is 2. The molecular weight excluding hydrogens is 404 g/mol. The van der Waals surface area contributed by atoms with E-state index in [0.717, 1.165) is 35.7 Å². The highest BCUT2D eigenvalue weighted by Crippen LogP contribution is 2.24. The van der Waals surface area contributed by atoms with Gasteiger partial charge in [-0.3, -0.25) is 9.59 Å². The maximum absolute atomic E-state index is 12.4. The number of imidazole rings is 1. The van der Waals surface area contributed by atoms with Crippen LogP contribution in [0.4, 0.5) is 11.4 Å². The minimum Gasteiger partial charge on any atom is -0.484 e. The average molecular weight is 433 g/mol. The minimum absolute atomic E-state index is 0.0920. The number of aromatic nitrogens is 2. The second kappa shape index (κ2) is 9.68. The van der Waals surface area contributed by atoms with Crippen molar-refractivity contribution < 1.29 is 14.3 Å². The first-order valence-electron chi connectivity index (χ1n) is 10.9. The molecule has 32 heavy (non-hydrogen) atoms. The molecule has 1 aliphatic heterocycles. The number of anilines is 2. The zero-order valence-electron chi connectivity index (χ0n) is 18.5. The molecule has 0 unspecified atom stereocenters. The maximum Gasteiger partial charge on any atom is 0.262 e. The van der Waals surface area contributed by atoms with Gasteiger partial charge in [0.15, 0.2) is 6.61 Å². The van der Waals surface area contributed by atoms with Crippen molar-refractivity contribution in [2.24, 2.45) is 0 Å². The fourth-order valence-electron chi connectivity index (χ4n) is 3.89. The van der Waals surface area contributed by atoms with E-state index in [9.17, 15) is 9.59 Å². The molecule has 1 saturated heterocycles. The van der Waals surface area contributed by atoms with Gasteiger partial charge in [0.1, 0.15) is 11.6 Å². The van der Waals surface area contributed by atoms with Crippen LogP contribution in [0.15, 0.2) is 60.9 Å². The van der Waals surface area contributed by atoms with E-state index in [0.29, 0.717) is 24.6 Å². The zero-order valence-corrected chi connectivity index (χ0v) is 18.5.